The number of aliphatic hydroxyl groups is 1. The summed E-state index contributed by atoms with van der Waals surface area (Å²) in [7, 11) is 1.86. The quantitative estimate of drug-likeness (QED) is 0.0337. The van der Waals surface area contributed by atoms with E-state index in [0.717, 1.165) is 68.4 Å². The fraction of sp³-hybridized carbons (Fsp3) is 0.558. The van der Waals surface area contributed by atoms with Gasteiger partial charge in [0.15, 0.2) is 6.29 Å². The summed E-state index contributed by atoms with van der Waals surface area (Å²) in [5.41, 5.74) is 6.06. The van der Waals surface area contributed by atoms with Crippen LogP contribution in [0.5, 0.6) is 0 Å². The van der Waals surface area contributed by atoms with Crippen molar-refractivity contribution >= 4 is 59.1 Å². The fourth-order valence-corrected chi connectivity index (χ4v) is 9.59. The molecule has 7 N–H and O–H groups in total. The van der Waals surface area contributed by atoms with E-state index >= 15 is 0 Å². The SMILES string of the molecule is CC(C)C.CNC1(n2c(C=O)c(C)cc(Nc3cc(NCCC(=O)NCCCCCCC(=O)NCC(=O)N4CCC(O)C4)ncn3)c2=O)CCC2(CC2)CC1.Cc1ncsc1-c1ccc(CNC=O)cc1. The van der Waals surface area contributed by atoms with Crippen LogP contribution < -0.4 is 37.5 Å². The second-order valence-electron chi connectivity index (χ2n) is 19.5. The molecule has 1 aliphatic heterocycles. The molecule has 2 saturated carbocycles. The van der Waals surface area contributed by atoms with Crippen LogP contribution in [-0.4, -0.2) is 106 Å². The third-order valence-electron chi connectivity index (χ3n) is 13.1. The lowest BCUT2D eigenvalue weighted by Gasteiger charge is -2.43. The van der Waals surface area contributed by atoms with Crippen LogP contribution in [0.3, 0.4) is 0 Å². The molecule has 1 atom stereocenters. The van der Waals surface area contributed by atoms with Crippen LogP contribution in [0, 0.1) is 25.2 Å². The number of hydrogen-bond acceptors (Lipinski definition) is 14. The molecule has 386 valence electrons. The molecule has 4 aromatic rings. The van der Waals surface area contributed by atoms with E-state index in [-0.39, 0.29) is 36.2 Å². The molecule has 1 spiro atoms. The molecule has 0 radical (unpaired) electrons. The lowest BCUT2D eigenvalue weighted by atomic mass is 9.79. The second kappa shape index (κ2) is 27.5. The lowest BCUT2D eigenvalue weighted by Crippen LogP contribution is -2.54. The molecule has 0 bridgehead atoms. The zero-order valence-corrected chi connectivity index (χ0v) is 43.2. The van der Waals surface area contributed by atoms with E-state index in [2.05, 4.69) is 79.8 Å². The minimum atomic E-state index is -0.635. The number of amides is 4. The molecule has 3 aliphatic rings. The van der Waals surface area contributed by atoms with Crippen LogP contribution in [0.1, 0.15) is 132 Å². The number of aryl methyl sites for hydroxylation is 2. The van der Waals surface area contributed by atoms with Crippen molar-refractivity contribution < 1.29 is 29.1 Å². The standard InChI is InChI=1S/C36H53N9O6.C12H12N2OS.C4H10/c1-25-19-27(34(51)45(28(25)23-46)36(37-2)14-12-35(10-11-35)13-15-36)43-30-20-29(41-24-42-30)38-17-8-32(49)39-16-6-4-3-5-7-31(48)40-21-33(50)44-18-9-26(47)22-44;1-9-12(16-8-14-9)11-4-2-10(3-5-11)6-13-7-15;1-4(2)3/h19-20,23-24,26,37,47H,3-18,21-22H2,1-2H3,(H,39,49)(H,40,48)(H2,38,41,42,43);2-5,7-8H,6H2,1H3,(H,13,15);4H,1-3H3. The number of β-amino-alcohol motifs (C(OH)–C–C–N with tert-alkyl or cyclic N) is 1. The van der Waals surface area contributed by atoms with Gasteiger partial charge in [-0.1, -0.05) is 57.9 Å². The predicted octanol–water partition coefficient (Wildman–Crippen LogP) is 6.33. The topological polar surface area (TPSA) is 242 Å². The molecule has 18 nitrogen and oxygen atoms in total. The number of carbonyl (C=O) groups is 5. The molecule has 4 heterocycles. The normalized spacial score (nSPS) is 16.2. The Bertz CT molecular complexity index is 2420. The summed E-state index contributed by atoms with van der Waals surface area (Å²) < 4.78 is 1.64. The number of anilines is 3. The highest BCUT2D eigenvalue weighted by molar-refractivity contribution is 7.13. The third kappa shape index (κ3) is 17.1. The number of likely N-dealkylation sites (tertiary alicyclic amines) is 1. The van der Waals surface area contributed by atoms with Crippen LogP contribution in [0.15, 0.2) is 53.0 Å². The second-order valence-corrected chi connectivity index (χ2v) is 20.4. The number of rotatable bonds is 22. The monoisotopic (exact) mass is 998 g/mol. The molecule has 2 aliphatic carbocycles. The Morgan fingerprint density at radius 1 is 0.873 bits per heavy atom. The fourth-order valence-electron chi connectivity index (χ4n) is 8.77. The number of pyridine rings is 1. The van der Waals surface area contributed by atoms with Crippen molar-refractivity contribution in [3.05, 3.63) is 81.1 Å². The zero-order chi connectivity index (χ0) is 51.4. The number of thiazole rings is 1. The highest BCUT2D eigenvalue weighted by atomic mass is 32.1. The minimum absolute atomic E-state index is 0.0420. The van der Waals surface area contributed by atoms with Gasteiger partial charge < -0.3 is 36.6 Å². The van der Waals surface area contributed by atoms with E-state index in [4.69, 9.17) is 0 Å². The van der Waals surface area contributed by atoms with Gasteiger partial charge >= 0.3 is 0 Å². The first-order valence-electron chi connectivity index (χ1n) is 25.0. The van der Waals surface area contributed by atoms with Gasteiger partial charge in [-0.05, 0) is 113 Å². The van der Waals surface area contributed by atoms with Crippen LogP contribution >= 0.6 is 11.3 Å². The Hall–Kier alpha value is -6.05. The van der Waals surface area contributed by atoms with Crippen molar-refractivity contribution in [3.63, 3.8) is 0 Å². The van der Waals surface area contributed by atoms with Gasteiger partial charge in [-0.15, -0.1) is 11.3 Å². The summed E-state index contributed by atoms with van der Waals surface area (Å²) >= 11 is 1.64. The summed E-state index contributed by atoms with van der Waals surface area (Å²) in [6.07, 6.45) is 12.8. The van der Waals surface area contributed by atoms with E-state index in [1.807, 2.05) is 38.5 Å². The van der Waals surface area contributed by atoms with Crippen LogP contribution in [0.25, 0.3) is 10.4 Å². The van der Waals surface area contributed by atoms with Crippen LogP contribution in [0.2, 0.25) is 0 Å². The summed E-state index contributed by atoms with van der Waals surface area (Å²) in [6, 6.07) is 11.5. The van der Waals surface area contributed by atoms with Crippen LogP contribution in [0.4, 0.5) is 17.3 Å². The highest BCUT2D eigenvalue weighted by Crippen LogP contribution is 2.58. The van der Waals surface area contributed by atoms with E-state index in [0.29, 0.717) is 92.4 Å². The molecule has 71 heavy (non-hydrogen) atoms. The molecule has 1 aromatic carbocycles. The molecule has 4 amide bonds. The minimum Gasteiger partial charge on any atom is -0.391 e. The first-order valence-corrected chi connectivity index (χ1v) is 25.9. The smallest absolute Gasteiger partial charge is 0.276 e. The number of nitrogens with zero attached hydrogens (tertiary/aromatic N) is 5. The average Bonchev–Trinajstić information content (AvgIpc) is 3.73. The van der Waals surface area contributed by atoms with Gasteiger partial charge in [0.25, 0.3) is 5.56 Å². The molecule has 3 aromatic heterocycles. The maximum atomic E-state index is 13.9. The maximum absolute atomic E-state index is 13.9. The number of unbranched alkanes of at least 4 members (excludes halogenated alkanes) is 3. The molecule has 1 unspecified atom stereocenters. The Morgan fingerprint density at radius 2 is 1.55 bits per heavy atom. The van der Waals surface area contributed by atoms with Gasteiger partial charge in [0.1, 0.15) is 23.7 Å². The number of hydrogen-bond donors (Lipinski definition) is 7. The number of aldehydes is 1. The van der Waals surface area contributed by atoms with E-state index in [1.54, 1.807) is 32.9 Å². The van der Waals surface area contributed by atoms with E-state index < -0.39 is 11.8 Å². The zero-order valence-electron chi connectivity index (χ0n) is 42.4. The molecular weight excluding hydrogens is 923 g/mol. The van der Waals surface area contributed by atoms with Gasteiger partial charge in [-0.25, -0.2) is 15.0 Å². The molecular formula is C52H75N11O7S. The largest absolute Gasteiger partial charge is 0.391 e. The number of aliphatic hydroxyl groups excluding tert-OH is 1. The van der Waals surface area contributed by atoms with Crippen molar-refractivity contribution in [2.24, 2.45) is 11.3 Å². The Labute approximate surface area is 422 Å². The van der Waals surface area contributed by atoms with Crippen molar-refractivity contribution in [2.75, 3.05) is 50.4 Å². The number of carbonyl (C=O) groups excluding carboxylic acids is 5. The van der Waals surface area contributed by atoms with Gasteiger partial charge in [-0.2, -0.15) is 0 Å². The lowest BCUT2D eigenvalue weighted by molar-refractivity contribution is -0.132. The van der Waals surface area contributed by atoms with Gasteiger partial charge in [0.2, 0.25) is 24.1 Å². The van der Waals surface area contributed by atoms with E-state index in [1.165, 1.54) is 29.6 Å². The third-order valence-corrected chi connectivity index (χ3v) is 14.1. The molecule has 7 rings (SSSR count). The highest BCUT2D eigenvalue weighted by Gasteiger charge is 2.50. The summed E-state index contributed by atoms with van der Waals surface area (Å²) in [4.78, 5) is 88.3. The van der Waals surface area contributed by atoms with Gasteiger partial charge in [-0.3, -0.25) is 38.7 Å². The van der Waals surface area contributed by atoms with E-state index in [9.17, 15) is 33.9 Å². The Balaban J connectivity index is 0.000000388. The first-order chi connectivity index (χ1) is 34.1. The van der Waals surface area contributed by atoms with Gasteiger partial charge in [0.05, 0.1) is 40.1 Å². The molecule has 1 saturated heterocycles. The van der Waals surface area contributed by atoms with Crippen molar-refractivity contribution in [1.29, 1.82) is 0 Å². The average molecular weight is 998 g/mol. The number of nitrogens with one attached hydrogen (secondary N) is 6. The number of benzene rings is 1. The number of aromatic nitrogens is 4. The molecule has 19 heteroatoms. The first kappa shape index (κ1) is 55.9. The van der Waals surface area contributed by atoms with Crippen LogP contribution in [-0.2, 0) is 31.4 Å². The summed E-state index contributed by atoms with van der Waals surface area (Å²) in [6.45, 7) is 12.6. The van der Waals surface area contributed by atoms with Crippen molar-refractivity contribution in [3.8, 4) is 10.4 Å². The van der Waals surface area contributed by atoms with Crippen molar-refractivity contribution in [2.45, 2.75) is 136 Å². The Morgan fingerprint density at radius 3 is 2.17 bits per heavy atom. The van der Waals surface area contributed by atoms with Gasteiger partial charge in [0, 0.05) is 51.6 Å². The summed E-state index contributed by atoms with van der Waals surface area (Å²) in [5, 5.41) is 27.4. The molecule has 3 fully saturated rings. The van der Waals surface area contributed by atoms with Crippen molar-refractivity contribution in [1.82, 2.24) is 45.7 Å². The maximum Gasteiger partial charge on any atom is 0.276 e. The predicted molar refractivity (Wildman–Crippen MR) is 278 cm³/mol. The Kier molecular flexibility index (Phi) is 21.7. The summed E-state index contributed by atoms with van der Waals surface area (Å²) in [5.74, 6) is 1.31.